The first-order valence-corrected chi connectivity index (χ1v) is 15.6. The van der Waals surface area contributed by atoms with Crippen LogP contribution < -0.4 is 4.74 Å². The number of fused-ring (bicyclic) bond motifs is 1. The Morgan fingerprint density at radius 2 is 1.52 bits per heavy atom. The maximum atomic E-state index is 14.8. The van der Waals surface area contributed by atoms with Crippen molar-refractivity contribution in [3.05, 3.63) is 101 Å². The molecule has 0 N–H and O–H groups in total. The summed E-state index contributed by atoms with van der Waals surface area (Å²) in [6, 6.07) is 24.0. The number of para-hydroxylation sites is 1. The van der Waals surface area contributed by atoms with E-state index in [1.807, 2.05) is 54.3 Å². The van der Waals surface area contributed by atoms with Crippen LogP contribution in [0.2, 0.25) is 0 Å². The molecule has 2 amide bonds. The average Bonchev–Trinajstić information content (AvgIpc) is 3.52. The summed E-state index contributed by atoms with van der Waals surface area (Å²) in [4.78, 5) is 32.3. The van der Waals surface area contributed by atoms with Gasteiger partial charge in [-0.1, -0.05) is 80.3 Å². The molecule has 5 nitrogen and oxygen atoms in total. The van der Waals surface area contributed by atoms with E-state index in [1.165, 1.54) is 12.1 Å². The lowest BCUT2D eigenvalue weighted by Gasteiger charge is -2.40. The fourth-order valence-corrected chi connectivity index (χ4v) is 6.71. The molecule has 1 heterocycles. The monoisotopic (exact) mass is 570 g/mol. The van der Waals surface area contributed by atoms with Crippen molar-refractivity contribution < 1.29 is 18.7 Å². The first kappa shape index (κ1) is 29.8. The molecule has 0 unspecified atom stereocenters. The van der Waals surface area contributed by atoms with Crippen molar-refractivity contribution in [2.45, 2.75) is 76.2 Å². The van der Waals surface area contributed by atoms with Gasteiger partial charge in [0, 0.05) is 19.6 Å². The highest BCUT2D eigenvalue weighted by Crippen LogP contribution is 2.43. The molecule has 3 aromatic rings. The first-order valence-electron chi connectivity index (χ1n) is 15.6. The molecular formula is C36H43FN2O3. The average molecular weight is 571 g/mol. The number of hydrogen-bond acceptors (Lipinski definition) is 3. The molecule has 1 atom stereocenters. The molecule has 0 bridgehead atoms. The van der Waals surface area contributed by atoms with Gasteiger partial charge < -0.3 is 14.5 Å². The number of ether oxygens (including phenoxy) is 1. The summed E-state index contributed by atoms with van der Waals surface area (Å²) in [7, 11) is 0. The normalized spacial score (nSPS) is 20.0. The summed E-state index contributed by atoms with van der Waals surface area (Å²) in [5, 5.41) is 0. The largest absolute Gasteiger partial charge is 0.491 e. The van der Waals surface area contributed by atoms with Gasteiger partial charge in [0.1, 0.15) is 18.2 Å². The maximum absolute atomic E-state index is 14.8. The van der Waals surface area contributed by atoms with E-state index in [0.29, 0.717) is 37.4 Å². The van der Waals surface area contributed by atoms with Gasteiger partial charge in [-0.3, -0.25) is 9.59 Å². The summed E-state index contributed by atoms with van der Waals surface area (Å²) in [6.45, 7) is 4.29. The van der Waals surface area contributed by atoms with Crippen molar-refractivity contribution in [2.75, 3.05) is 26.2 Å². The van der Waals surface area contributed by atoms with Crippen molar-refractivity contribution in [3.8, 4) is 5.75 Å². The summed E-state index contributed by atoms with van der Waals surface area (Å²) in [6.07, 6.45) is 7.89. The summed E-state index contributed by atoms with van der Waals surface area (Å²) >= 11 is 0. The van der Waals surface area contributed by atoms with E-state index in [9.17, 15) is 14.0 Å². The van der Waals surface area contributed by atoms with Gasteiger partial charge in [-0.25, -0.2) is 4.39 Å². The van der Waals surface area contributed by atoms with Gasteiger partial charge in [0.15, 0.2) is 0 Å². The molecule has 0 aromatic heterocycles. The Hall–Kier alpha value is -3.67. The molecule has 1 aliphatic heterocycles. The molecule has 6 heteroatoms. The molecule has 42 heavy (non-hydrogen) atoms. The van der Waals surface area contributed by atoms with E-state index >= 15 is 0 Å². The Morgan fingerprint density at radius 3 is 2.24 bits per heavy atom. The third kappa shape index (κ3) is 6.69. The molecule has 0 spiro atoms. The van der Waals surface area contributed by atoms with Crippen LogP contribution in [0.5, 0.6) is 5.75 Å². The molecular weight excluding hydrogens is 527 g/mol. The third-order valence-electron chi connectivity index (χ3n) is 9.07. The highest BCUT2D eigenvalue weighted by molar-refractivity contribution is 5.97. The molecule has 5 rings (SSSR count). The van der Waals surface area contributed by atoms with Crippen LogP contribution in [0, 0.1) is 5.82 Å². The van der Waals surface area contributed by atoms with Crippen LogP contribution in [0.3, 0.4) is 0 Å². The predicted octanol–water partition coefficient (Wildman–Crippen LogP) is 7.19. The Balaban J connectivity index is 1.53. The number of carbonyl (C=O) groups excluding carboxylic acids is 2. The SMILES string of the molecule is CCN1CCCCCCN(C(=O)C2(c3ccc(F)cc3)CCCC2)[C@H](Cc2ccccc2)COc2ccccc2C1=O. The fourth-order valence-electron chi connectivity index (χ4n) is 6.71. The molecule has 1 saturated carbocycles. The van der Waals surface area contributed by atoms with Crippen LogP contribution in [0.25, 0.3) is 0 Å². The summed E-state index contributed by atoms with van der Waals surface area (Å²) in [5.74, 6) is 0.365. The van der Waals surface area contributed by atoms with Gasteiger partial charge in [0.05, 0.1) is 17.0 Å². The topological polar surface area (TPSA) is 49.9 Å². The standard InChI is InChI=1S/C36H43FN2O3/c1-2-38-24-12-3-4-13-25-39(35(41)36(22-10-11-23-36)29-18-20-30(37)21-19-29)31(26-28-14-6-5-7-15-28)27-42-33-17-9-8-16-32(33)34(38)40/h5-9,14-21,31H,2-4,10-13,22-27H2,1H3/t31-/m1/s1. The zero-order valence-electron chi connectivity index (χ0n) is 24.8. The molecule has 1 aliphatic carbocycles. The zero-order valence-corrected chi connectivity index (χ0v) is 24.8. The van der Waals surface area contributed by atoms with Crippen LogP contribution in [0.15, 0.2) is 78.9 Å². The van der Waals surface area contributed by atoms with E-state index in [4.69, 9.17) is 4.74 Å². The van der Waals surface area contributed by atoms with Gasteiger partial charge in [0.2, 0.25) is 5.91 Å². The van der Waals surface area contributed by atoms with Crippen LogP contribution in [-0.4, -0.2) is 53.9 Å². The Labute approximate surface area is 249 Å². The summed E-state index contributed by atoms with van der Waals surface area (Å²) in [5.41, 5.74) is 1.93. The minimum atomic E-state index is -0.663. The van der Waals surface area contributed by atoms with Gasteiger partial charge in [-0.05, 0) is 74.4 Å². The summed E-state index contributed by atoms with van der Waals surface area (Å²) < 4.78 is 20.4. The third-order valence-corrected chi connectivity index (χ3v) is 9.07. The van der Waals surface area contributed by atoms with Crippen molar-refractivity contribution in [2.24, 2.45) is 0 Å². The second-order valence-corrected chi connectivity index (χ2v) is 11.7. The predicted molar refractivity (Wildman–Crippen MR) is 164 cm³/mol. The molecule has 222 valence electrons. The lowest BCUT2D eigenvalue weighted by Crippen LogP contribution is -2.53. The lowest BCUT2D eigenvalue weighted by molar-refractivity contribution is -0.140. The Morgan fingerprint density at radius 1 is 0.857 bits per heavy atom. The van der Waals surface area contributed by atoms with Crippen molar-refractivity contribution >= 4 is 11.8 Å². The second kappa shape index (κ2) is 14.0. The highest BCUT2D eigenvalue weighted by Gasteiger charge is 2.46. The van der Waals surface area contributed by atoms with E-state index in [1.54, 1.807) is 12.1 Å². The lowest BCUT2D eigenvalue weighted by atomic mass is 9.77. The number of carbonyl (C=O) groups is 2. The number of rotatable bonds is 5. The quantitative estimate of drug-likeness (QED) is 0.326. The maximum Gasteiger partial charge on any atom is 0.257 e. The number of hydrogen-bond donors (Lipinski definition) is 0. The van der Waals surface area contributed by atoms with E-state index in [0.717, 1.165) is 62.5 Å². The van der Waals surface area contributed by atoms with Crippen molar-refractivity contribution in [1.82, 2.24) is 9.80 Å². The number of amides is 2. The van der Waals surface area contributed by atoms with E-state index in [2.05, 4.69) is 17.0 Å². The van der Waals surface area contributed by atoms with E-state index < -0.39 is 5.41 Å². The molecule has 0 saturated heterocycles. The first-order chi connectivity index (χ1) is 20.5. The number of nitrogens with zero attached hydrogens (tertiary/aromatic N) is 2. The van der Waals surface area contributed by atoms with Crippen LogP contribution in [-0.2, 0) is 16.6 Å². The molecule has 3 aromatic carbocycles. The number of benzene rings is 3. The highest BCUT2D eigenvalue weighted by atomic mass is 19.1. The van der Waals surface area contributed by atoms with Crippen molar-refractivity contribution in [1.29, 1.82) is 0 Å². The van der Waals surface area contributed by atoms with Gasteiger partial charge in [-0.15, -0.1) is 0 Å². The van der Waals surface area contributed by atoms with Crippen molar-refractivity contribution in [3.63, 3.8) is 0 Å². The second-order valence-electron chi connectivity index (χ2n) is 11.7. The molecule has 1 fully saturated rings. The number of halogens is 1. The Kier molecular flexibility index (Phi) is 9.93. The zero-order chi connectivity index (χ0) is 29.4. The van der Waals surface area contributed by atoms with Crippen LogP contribution >= 0.6 is 0 Å². The smallest absolute Gasteiger partial charge is 0.257 e. The van der Waals surface area contributed by atoms with Gasteiger partial charge >= 0.3 is 0 Å². The van der Waals surface area contributed by atoms with E-state index in [-0.39, 0.29) is 30.3 Å². The van der Waals surface area contributed by atoms with Crippen LogP contribution in [0.1, 0.15) is 79.8 Å². The molecule has 2 aliphatic rings. The minimum absolute atomic E-state index is 0.0149. The molecule has 0 radical (unpaired) electrons. The van der Waals surface area contributed by atoms with Gasteiger partial charge in [-0.2, -0.15) is 0 Å². The van der Waals surface area contributed by atoms with Gasteiger partial charge in [0.25, 0.3) is 5.91 Å². The minimum Gasteiger partial charge on any atom is -0.491 e. The van der Waals surface area contributed by atoms with Crippen LogP contribution in [0.4, 0.5) is 4.39 Å². The fraction of sp³-hybridized carbons (Fsp3) is 0.444. The Bertz CT molecular complexity index is 1320.